The highest BCUT2D eigenvalue weighted by Gasteiger charge is 2.26. The minimum atomic E-state index is -0.257. The van der Waals surface area contributed by atoms with Crippen LogP contribution < -0.4 is 14.8 Å². The van der Waals surface area contributed by atoms with Gasteiger partial charge < -0.3 is 14.8 Å². The molecule has 0 spiro atoms. The van der Waals surface area contributed by atoms with Crippen LogP contribution in [0.2, 0.25) is 5.02 Å². The SMILES string of the molecule is CC(C(=O)Nc1ccc(C#N)c(Cl)c1)N1CCN(Cc2ccc3c(c2)OCO3)CC1. The molecule has 4 rings (SSSR count). The highest BCUT2D eigenvalue weighted by Crippen LogP contribution is 2.32. The summed E-state index contributed by atoms with van der Waals surface area (Å²) >= 11 is 6.05. The Morgan fingerprint density at radius 3 is 2.67 bits per heavy atom. The van der Waals surface area contributed by atoms with E-state index < -0.39 is 0 Å². The van der Waals surface area contributed by atoms with E-state index in [-0.39, 0.29) is 18.7 Å². The number of carbonyl (C=O) groups is 1. The molecule has 0 radical (unpaired) electrons. The number of benzene rings is 2. The second kappa shape index (κ2) is 8.92. The van der Waals surface area contributed by atoms with Crippen molar-refractivity contribution >= 4 is 23.2 Å². The third-order valence-electron chi connectivity index (χ3n) is 5.53. The Balaban J connectivity index is 1.28. The van der Waals surface area contributed by atoms with Gasteiger partial charge in [-0.25, -0.2) is 0 Å². The average molecular weight is 427 g/mol. The molecule has 2 heterocycles. The molecule has 1 saturated heterocycles. The lowest BCUT2D eigenvalue weighted by atomic mass is 10.1. The second-order valence-corrected chi connectivity index (χ2v) is 7.88. The molecule has 156 valence electrons. The van der Waals surface area contributed by atoms with Crippen molar-refractivity contribution in [2.24, 2.45) is 0 Å². The molecule has 0 aromatic heterocycles. The van der Waals surface area contributed by atoms with Crippen molar-refractivity contribution < 1.29 is 14.3 Å². The Morgan fingerprint density at radius 2 is 1.93 bits per heavy atom. The number of nitriles is 1. The smallest absolute Gasteiger partial charge is 0.241 e. The van der Waals surface area contributed by atoms with Crippen LogP contribution in [0, 0.1) is 11.3 Å². The molecule has 2 aromatic rings. The molecule has 1 N–H and O–H groups in total. The van der Waals surface area contributed by atoms with Crippen LogP contribution in [0.1, 0.15) is 18.1 Å². The van der Waals surface area contributed by atoms with Crippen molar-refractivity contribution in [3.63, 3.8) is 0 Å². The number of ether oxygens (including phenoxy) is 2. The number of hydrogen-bond donors (Lipinski definition) is 1. The summed E-state index contributed by atoms with van der Waals surface area (Å²) in [7, 11) is 0. The number of hydrogen-bond acceptors (Lipinski definition) is 6. The molecule has 1 amide bonds. The van der Waals surface area contributed by atoms with Crippen molar-refractivity contribution in [3.8, 4) is 17.6 Å². The Kier molecular flexibility index (Phi) is 6.09. The van der Waals surface area contributed by atoms with Gasteiger partial charge in [0.15, 0.2) is 11.5 Å². The van der Waals surface area contributed by atoms with Gasteiger partial charge in [0.25, 0.3) is 0 Å². The van der Waals surface area contributed by atoms with Gasteiger partial charge in [0.1, 0.15) is 6.07 Å². The molecule has 1 fully saturated rings. The van der Waals surface area contributed by atoms with Crippen LogP contribution in [0.3, 0.4) is 0 Å². The van der Waals surface area contributed by atoms with Crippen LogP contribution in [-0.4, -0.2) is 54.7 Å². The summed E-state index contributed by atoms with van der Waals surface area (Å²) in [5.41, 5.74) is 2.18. The van der Waals surface area contributed by atoms with Gasteiger partial charge in [-0.3, -0.25) is 14.6 Å². The molecule has 2 aromatic carbocycles. The third kappa shape index (κ3) is 4.51. The number of rotatable bonds is 5. The Bertz CT molecular complexity index is 983. The van der Waals surface area contributed by atoms with Gasteiger partial charge in [0, 0.05) is 38.4 Å². The van der Waals surface area contributed by atoms with Crippen LogP contribution in [0.5, 0.6) is 11.5 Å². The number of nitrogens with zero attached hydrogens (tertiary/aromatic N) is 3. The molecule has 0 bridgehead atoms. The molecule has 7 nitrogen and oxygen atoms in total. The van der Waals surface area contributed by atoms with E-state index in [0.717, 1.165) is 44.2 Å². The lowest BCUT2D eigenvalue weighted by Gasteiger charge is -2.37. The van der Waals surface area contributed by atoms with E-state index in [4.69, 9.17) is 26.3 Å². The minimum Gasteiger partial charge on any atom is -0.454 e. The molecule has 0 saturated carbocycles. The number of piperazine rings is 1. The number of fused-ring (bicyclic) bond motifs is 1. The zero-order chi connectivity index (χ0) is 21.1. The van der Waals surface area contributed by atoms with Crippen molar-refractivity contribution in [2.45, 2.75) is 19.5 Å². The summed E-state index contributed by atoms with van der Waals surface area (Å²) in [6, 6.07) is 12.7. The predicted octanol–water partition coefficient (Wildman–Crippen LogP) is 3.09. The lowest BCUT2D eigenvalue weighted by molar-refractivity contribution is -0.121. The maximum absolute atomic E-state index is 12.7. The van der Waals surface area contributed by atoms with Gasteiger partial charge in [0.05, 0.1) is 16.6 Å². The maximum Gasteiger partial charge on any atom is 0.241 e. The van der Waals surface area contributed by atoms with E-state index >= 15 is 0 Å². The first-order valence-corrected chi connectivity index (χ1v) is 10.3. The maximum atomic E-state index is 12.7. The fourth-order valence-corrected chi connectivity index (χ4v) is 3.93. The molecular formula is C22H23ClN4O3. The van der Waals surface area contributed by atoms with Crippen molar-refractivity contribution in [1.82, 2.24) is 9.80 Å². The van der Waals surface area contributed by atoms with E-state index in [1.54, 1.807) is 18.2 Å². The molecule has 0 aliphatic carbocycles. The second-order valence-electron chi connectivity index (χ2n) is 7.47. The highest BCUT2D eigenvalue weighted by atomic mass is 35.5. The van der Waals surface area contributed by atoms with Crippen molar-refractivity contribution in [1.29, 1.82) is 5.26 Å². The van der Waals surface area contributed by atoms with E-state index in [0.29, 0.717) is 16.3 Å². The Hall–Kier alpha value is -2.79. The predicted molar refractivity (Wildman–Crippen MR) is 114 cm³/mol. The largest absolute Gasteiger partial charge is 0.454 e. The first-order chi connectivity index (χ1) is 14.5. The molecule has 2 aliphatic rings. The van der Waals surface area contributed by atoms with Crippen molar-refractivity contribution in [2.75, 3.05) is 38.3 Å². The first kappa shape index (κ1) is 20.5. The quantitative estimate of drug-likeness (QED) is 0.791. The van der Waals surface area contributed by atoms with Crippen LogP contribution in [0.25, 0.3) is 0 Å². The normalized spacial score (nSPS) is 17.4. The summed E-state index contributed by atoms with van der Waals surface area (Å²) < 4.78 is 10.8. The van der Waals surface area contributed by atoms with E-state index in [1.165, 1.54) is 5.56 Å². The van der Waals surface area contributed by atoms with Crippen LogP contribution in [-0.2, 0) is 11.3 Å². The van der Waals surface area contributed by atoms with E-state index in [9.17, 15) is 4.79 Å². The molecule has 8 heteroatoms. The summed E-state index contributed by atoms with van der Waals surface area (Å²) in [5, 5.41) is 12.2. The van der Waals surface area contributed by atoms with E-state index in [1.807, 2.05) is 25.1 Å². The lowest BCUT2D eigenvalue weighted by Crippen LogP contribution is -2.52. The molecule has 2 aliphatic heterocycles. The summed E-state index contributed by atoms with van der Waals surface area (Å²) in [6.45, 7) is 6.43. The zero-order valence-corrected chi connectivity index (χ0v) is 17.5. The molecular weight excluding hydrogens is 404 g/mol. The Labute approximate surface area is 180 Å². The van der Waals surface area contributed by atoms with Crippen LogP contribution in [0.4, 0.5) is 5.69 Å². The third-order valence-corrected chi connectivity index (χ3v) is 5.85. The molecule has 30 heavy (non-hydrogen) atoms. The summed E-state index contributed by atoms with van der Waals surface area (Å²) in [5.74, 6) is 1.52. The average Bonchev–Trinajstić information content (AvgIpc) is 3.22. The fraction of sp³-hybridized carbons (Fsp3) is 0.364. The van der Waals surface area contributed by atoms with E-state index in [2.05, 4.69) is 21.2 Å². The number of anilines is 1. The molecule has 1 unspecified atom stereocenters. The van der Waals surface area contributed by atoms with Gasteiger partial charge >= 0.3 is 0 Å². The minimum absolute atomic E-state index is 0.0833. The number of amides is 1. The summed E-state index contributed by atoms with van der Waals surface area (Å²) in [4.78, 5) is 17.2. The number of halogens is 1. The van der Waals surface area contributed by atoms with Crippen LogP contribution in [0.15, 0.2) is 36.4 Å². The van der Waals surface area contributed by atoms with Gasteiger partial charge in [-0.15, -0.1) is 0 Å². The highest BCUT2D eigenvalue weighted by molar-refractivity contribution is 6.32. The van der Waals surface area contributed by atoms with Gasteiger partial charge in [-0.1, -0.05) is 17.7 Å². The van der Waals surface area contributed by atoms with Gasteiger partial charge in [-0.2, -0.15) is 5.26 Å². The number of carbonyl (C=O) groups excluding carboxylic acids is 1. The van der Waals surface area contributed by atoms with Crippen molar-refractivity contribution in [3.05, 3.63) is 52.5 Å². The topological polar surface area (TPSA) is 77.8 Å². The monoisotopic (exact) mass is 426 g/mol. The zero-order valence-electron chi connectivity index (χ0n) is 16.7. The van der Waals surface area contributed by atoms with Gasteiger partial charge in [-0.05, 0) is 42.8 Å². The number of nitrogens with one attached hydrogen (secondary N) is 1. The Morgan fingerprint density at radius 1 is 1.17 bits per heavy atom. The molecule has 1 atom stereocenters. The fourth-order valence-electron chi connectivity index (χ4n) is 3.70. The van der Waals surface area contributed by atoms with Gasteiger partial charge in [0.2, 0.25) is 12.7 Å². The standard InChI is InChI=1S/C22H23ClN4O3/c1-15(22(28)25-18-4-3-17(12-24)19(23)11-18)27-8-6-26(7-9-27)13-16-2-5-20-21(10-16)30-14-29-20/h2-5,10-11,15H,6-9,13-14H2,1H3,(H,25,28). The summed E-state index contributed by atoms with van der Waals surface area (Å²) in [6.07, 6.45) is 0. The van der Waals surface area contributed by atoms with Crippen LogP contribution >= 0.6 is 11.6 Å². The first-order valence-electron chi connectivity index (χ1n) is 9.89.